The van der Waals surface area contributed by atoms with Crippen molar-refractivity contribution >= 4 is 35.7 Å². The van der Waals surface area contributed by atoms with E-state index in [0.29, 0.717) is 26.3 Å². The van der Waals surface area contributed by atoms with E-state index in [1.54, 1.807) is 0 Å². The first-order valence-corrected chi connectivity index (χ1v) is 12.6. The average Bonchev–Trinajstić information content (AvgIpc) is 2.92. The van der Waals surface area contributed by atoms with E-state index in [-0.39, 0.29) is 13.8 Å². The first kappa shape index (κ1) is 25.9. The Kier molecular flexibility index (Phi) is 9.15. The maximum atomic E-state index is 6.12. The summed E-state index contributed by atoms with van der Waals surface area (Å²) in [6.45, 7) is 5.91. The molecule has 0 spiro atoms. The minimum Gasteiger partial charge on any atom is -0.426 e. The van der Waals surface area contributed by atoms with E-state index in [1.165, 1.54) is 11.1 Å². The molecule has 0 atom stereocenters. The Morgan fingerprint density at radius 3 is 1.03 bits per heavy atom. The number of aryl methyl sites for hydroxylation is 2. The van der Waals surface area contributed by atoms with E-state index in [1.807, 2.05) is 0 Å². The molecule has 4 nitrogen and oxygen atoms in total. The van der Waals surface area contributed by atoms with Gasteiger partial charge in [0.05, 0.1) is 0 Å². The van der Waals surface area contributed by atoms with Gasteiger partial charge in [0.1, 0.15) is 0 Å². The smallest absolute Gasteiger partial charge is 0.361 e. The van der Waals surface area contributed by atoms with Crippen LogP contribution in [0.1, 0.15) is 11.1 Å². The van der Waals surface area contributed by atoms with Gasteiger partial charge in [0.15, 0.2) is 0 Å². The number of hydrogen-bond donors (Lipinski definition) is 2. The lowest BCUT2D eigenvalue weighted by Crippen LogP contribution is -2.46. The van der Waals surface area contributed by atoms with E-state index in [2.05, 4.69) is 111 Å². The van der Waals surface area contributed by atoms with Gasteiger partial charge in [-0.25, -0.2) is 0 Å². The molecule has 0 fully saturated rings. The summed E-state index contributed by atoms with van der Waals surface area (Å²) in [5.41, 5.74) is 20.7. The van der Waals surface area contributed by atoms with Gasteiger partial charge >= 0.3 is 13.8 Å². The van der Waals surface area contributed by atoms with Crippen LogP contribution in [-0.4, -0.2) is 40.1 Å². The summed E-state index contributed by atoms with van der Waals surface area (Å²) in [5, 5.41) is 0. The lowest BCUT2D eigenvalue weighted by Gasteiger charge is -2.17. The zero-order chi connectivity index (χ0) is 25.3. The van der Waals surface area contributed by atoms with Gasteiger partial charge in [-0.1, -0.05) is 108 Å². The van der Waals surface area contributed by atoms with Gasteiger partial charge in [-0.15, -0.1) is 0 Å². The summed E-state index contributed by atoms with van der Waals surface area (Å²) in [6, 6.07) is 34.1. The van der Waals surface area contributed by atoms with Crippen molar-refractivity contribution in [3.63, 3.8) is 0 Å². The van der Waals surface area contributed by atoms with Crippen LogP contribution in [0.2, 0.25) is 0 Å². The lowest BCUT2D eigenvalue weighted by molar-refractivity contribution is 0.344. The largest absolute Gasteiger partial charge is 0.426 e. The summed E-state index contributed by atoms with van der Waals surface area (Å²) in [6.07, 6.45) is 0. The van der Waals surface area contributed by atoms with Gasteiger partial charge in [-0.3, -0.25) is 0 Å². The van der Waals surface area contributed by atoms with Crippen molar-refractivity contribution in [2.24, 2.45) is 11.5 Å². The minimum absolute atomic E-state index is 0.138. The van der Waals surface area contributed by atoms with E-state index in [4.69, 9.17) is 20.8 Å². The maximum Gasteiger partial charge on any atom is 0.361 e. The number of hydrogen-bond acceptors (Lipinski definition) is 4. The molecule has 0 aliphatic heterocycles. The molecule has 0 aliphatic rings. The second-order valence-corrected chi connectivity index (χ2v) is 9.14. The molecule has 0 saturated carbocycles. The minimum atomic E-state index is -0.138. The van der Waals surface area contributed by atoms with Crippen LogP contribution in [-0.2, 0) is 9.31 Å². The second kappa shape index (κ2) is 12.7. The Hall–Kier alpha value is -3.15. The number of nitrogens with two attached hydrogens (primary N) is 2. The van der Waals surface area contributed by atoms with Gasteiger partial charge in [0.25, 0.3) is 0 Å². The van der Waals surface area contributed by atoms with Crippen molar-refractivity contribution in [3.05, 3.63) is 108 Å². The fourth-order valence-electron chi connectivity index (χ4n) is 4.32. The lowest BCUT2D eigenvalue weighted by atomic mass is 9.55. The third-order valence-electron chi connectivity index (χ3n) is 6.33. The van der Waals surface area contributed by atoms with Crippen LogP contribution < -0.4 is 33.3 Å². The van der Waals surface area contributed by atoms with E-state index >= 15 is 0 Å². The van der Waals surface area contributed by atoms with Crippen molar-refractivity contribution in [3.8, 4) is 11.1 Å². The van der Waals surface area contributed by atoms with Crippen LogP contribution in [0.4, 0.5) is 0 Å². The Bertz CT molecular complexity index is 1110. The molecule has 182 valence electrons. The monoisotopic (exact) mass is 476 g/mol. The molecule has 36 heavy (non-hydrogen) atoms. The molecule has 4 rings (SSSR count). The van der Waals surface area contributed by atoms with E-state index in [0.717, 1.165) is 33.0 Å². The van der Waals surface area contributed by atoms with Crippen LogP contribution in [0.5, 0.6) is 0 Å². The second-order valence-electron chi connectivity index (χ2n) is 9.14. The van der Waals surface area contributed by atoms with Crippen molar-refractivity contribution in [1.82, 2.24) is 0 Å². The SMILES string of the molecule is Cc1ccc(B(OCCN)c2ccc(-c3ccc(B(OCCN)c4ccc(C)cc4)cc3)cc2)cc1. The van der Waals surface area contributed by atoms with Crippen molar-refractivity contribution in [1.29, 1.82) is 0 Å². The maximum absolute atomic E-state index is 6.12. The Labute approximate surface area is 215 Å². The highest BCUT2D eigenvalue weighted by Gasteiger charge is 2.22. The molecule has 0 aliphatic carbocycles. The molecule has 4 N–H and O–H groups in total. The fourth-order valence-corrected chi connectivity index (χ4v) is 4.32. The zero-order valence-corrected chi connectivity index (χ0v) is 21.2. The third-order valence-corrected chi connectivity index (χ3v) is 6.33. The summed E-state index contributed by atoms with van der Waals surface area (Å²) < 4.78 is 12.2. The first-order valence-electron chi connectivity index (χ1n) is 12.6. The first-order chi connectivity index (χ1) is 17.6. The van der Waals surface area contributed by atoms with Gasteiger partial charge in [0, 0.05) is 26.3 Å². The van der Waals surface area contributed by atoms with Gasteiger partial charge < -0.3 is 20.8 Å². The predicted octanol–water partition coefficient (Wildman–Crippen LogP) is 2.13. The quantitative estimate of drug-likeness (QED) is 0.326. The summed E-state index contributed by atoms with van der Waals surface area (Å²) in [7, 11) is 0. The molecule has 0 unspecified atom stereocenters. The Morgan fingerprint density at radius 1 is 0.472 bits per heavy atom. The molecule has 0 saturated heterocycles. The topological polar surface area (TPSA) is 70.5 Å². The molecule has 0 aromatic heterocycles. The molecule has 0 bridgehead atoms. The van der Waals surface area contributed by atoms with Crippen molar-refractivity contribution in [2.75, 3.05) is 26.3 Å². The molecule has 6 heteroatoms. The molecule has 4 aromatic rings. The van der Waals surface area contributed by atoms with Crippen LogP contribution in [0.15, 0.2) is 97.1 Å². The van der Waals surface area contributed by atoms with Crippen LogP contribution in [0, 0.1) is 13.8 Å². The standard InChI is InChI=1S/C30H34B2N2O2/c1-23-3-11-27(12-4-23)31(35-21-19-33)29-15-7-25(8-16-29)26-9-17-30(18-10-26)32(36-22-20-34)28-13-5-24(2)6-14-28/h3-18H,19-22,33-34H2,1-2H3. The fraction of sp³-hybridized carbons (Fsp3) is 0.200. The third kappa shape index (κ3) is 6.54. The van der Waals surface area contributed by atoms with Crippen LogP contribution in [0.3, 0.4) is 0 Å². The number of benzene rings is 4. The van der Waals surface area contributed by atoms with Crippen molar-refractivity contribution in [2.45, 2.75) is 13.8 Å². The molecule has 0 heterocycles. The molecule has 0 amide bonds. The van der Waals surface area contributed by atoms with E-state index in [9.17, 15) is 0 Å². The Balaban J connectivity index is 1.55. The normalized spacial score (nSPS) is 10.9. The van der Waals surface area contributed by atoms with Gasteiger partial charge in [0.2, 0.25) is 0 Å². The Morgan fingerprint density at radius 2 is 0.750 bits per heavy atom. The highest BCUT2D eigenvalue weighted by Crippen LogP contribution is 2.17. The molecular weight excluding hydrogens is 442 g/mol. The van der Waals surface area contributed by atoms with Gasteiger partial charge in [-0.05, 0) is 46.8 Å². The zero-order valence-electron chi connectivity index (χ0n) is 21.2. The highest BCUT2D eigenvalue weighted by atomic mass is 16.4. The number of rotatable bonds is 11. The summed E-state index contributed by atoms with van der Waals surface area (Å²) in [5.74, 6) is 0. The highest BCUT2D eigenvalue weighted by molar-refractivity contribution is 6.80. The van der Waals surface area contributed by atoms with Crippen molar-refractivity contribution < 1.29 is 9.31 Å². The average molecular weight is 476 g/mol. The van der Waals surface area contributed by atoms with Gasteiger partial charge in [-0.2, -0.15) is 0 Å². The van der Waals surface area contributed by atoms with Crippen LogP contribution >= 0.6 is 0 Å². The van der Waals surface area contributed by atoms with E-state index < -0.39 is 0 Å². The molecule has 4 aromatic carbocycles. The summed E-state index contributed by atoms with van der Waals surface area (Å²) in [4.78, 5) is 0. The summed E-state index contributed by atoms with van der Waals surface area (Å²) >= 11 is 0. The molecular formula is C30H34B2N2O2. The molecule has 0 radical (unpaired) electrons. The predicted molar refractivity (Wildman–Crippen MR) is 154 cm³/mol. The van der Waals surface area contributed by atoms with Crippen LogP contribution in [0.25, 0.3) is 11.1 Å².